The number of rotatable bonds is 4. The second kappa shape index (κ2) is 4.79. The second-order valence-electron chi connectivity index (χ2n) is 4.29. The first kappa shape index (κ1) is 12.0. The van der Waals surface area contributed by atoms with Crippen molar-refractivity contribution in [3.05, 3.63) is 11.1 Å². The van der Waals surface area contributed by atoms with Crippen LogP contribution in [0.25, 0.3) is 0 Å². The summed E-state index contributed by atoms with van der Waals surface area (Å²) in [5, 5.41) is 15.3. The summed E-state index contributed by atoms with van der Waals surface area (Å²) in [6.07, 6.45) is 4.71. The lowest BCUT2D eigenvalue weighted by Gasteiger charge is -2.28. The molecule has 1 saturated carbocycles. The van der Waals surface area contributed by atoms with E-state index in [1.54, 1.807) is 0 Å². The highest BCUT2D eigenvalue weighted by molar-refractivity contribution is 7.07. The number of aromatic nitrogens is 2. The van der Waals surface area contributed by atoms with E-state index in [0.29, 0.717) is 4.88 Å². The molecule has 0 saturated heterocycles. The Morgan fingerprint density at radius 2 is 2.18 bits per heavy atom. The number of carbonyl (C=O) groups is 2. The van der Waals surface area contributed by atoms with Crippen LogP contribution in [0.15, 0.2) is 6.20 Å². The van der Waals surface area contributed by atoms with Crippen molar-refractivity contribution in [3.8, 4) is 0 Å². The van der Waals surface area contributed by atoms with Gasteiger partial charge in [-0.05, 0) is 24.4 Å². The first-order valence-electron chi connectivity index (χ1n) is 5.43. The van der Waals surface area contributed by atoms with Gasteiger partial charge in [-0.3, -0.25) is 9.59 Å². The number of nitrogens with zero attached hydrogens (tertiary/aromatic N) is 2. The van der Waals surface area contributed by atoms with Crippen molar-refractivity contribution >= 4 is 23.4 Å². The van der Waals surface area contributed by atoms with Gasteiger partial charge in [0.05, 0.1) is 18.2 Å². The SMILES string of the molecule is O=C(O)CC1(NC(=O)c2cnns2)CCCC1. The number of hydrogen-bond donors (Lipinski definition) is 2. The molecule has 1 aromatic rings. The van der Waals surface area contributed by atoms with Crippen LogP contribution in [0.2, 0.25) is 0 Å². The van der Waals surface area contributed by atoms with Crippen molar-refractivity contribution in [2.45, 2.75) is 37.6 Å². The van der Waals surface area contributed by atoms with E-state index in [9.17, 15) is 9.59 Å². The molecule has 1 aliphatic carbocycles. The Morgan fingerprint density at radius 3 is 2.71 bits per heavy atom. The van der Waals surface area contributed by atoms with Gasteiger partial charge in [-0.15, -0.1) is 5.10 Å². The molecular formula is C10H13N3O3S. The Hall–Kier alpha value is -1.50. The molecule has 1 heterocycles. The van der Waals surface area contributed by atoms with Crippen molar-refractivity contribution in [1.29, 1.82) is 0 Å². The van der Waals surface area contributed by atoms with Gasteiger partial charge in [-0.1, -0.05) is 17.3 Å². The topological polar surface area (TPSA) is 92.2 Å². The predicted octanol–water partition coefficient (Wildman–Crippen LogP) is 1.06. The molecule has 1 aliphatic rings. The number of aliphatic carboxylic acids is 1. The van der Waals surface area contributed by atoms with Gasteiger partial charge in [0.2, 0.25) is 0 Å². The second-order valence-corrected chi connectivity index (χ2v) is 5.08. The van der Waals surface area contributed by atoms with Gasteiger partial charge >= 0.3 is 5.97 Å². The van der Waals surface area contributed by atoms with Gasteiger partial charge in [0, 0.05) is 0 Å². The Bertz CT molecular complexity index is 412. The van der Waals surface area contributed by atoms with Crippen LogP contribution < -0.4 is 5.32 Å². The van der Waals surface area contributed by atoms with Crippen LogP contribution in [0.1, 0.15) is 41.8 Å². The molecule has 0 spiro atoms. The molecular weight excluding hydrogens is 242 g/mol. The fraction of sp³-hybridized carbons (Fsp3) is 0.600. The van der Waals surface area contributed by atoms with E-state index >= 15 is 0 Å². The Morgan fingerprint density at radius 1 is 1.47 bits per heavy atom. The third kappa shape index (κ3) is 2.79. The van der Waals surface area contributed by atoms with E-state index in [4.69, 9.17) is 5.11 Å². The molecule has 0 bridgehead atoms. The molecule has 0 unspecified atom stereocenters. The average molecular weight is 255 g/mol. The van der Waals surface area contributed by atoms with Gasteiger partial charge < -0.3 is 10.4 Å². The van der Waals surface area contributed by atoms with Gasteiger partial charge in [0.15, 0.2) is 0 Å². The minimum absolute atomic E-state index is 0.0228. The van der Waals surface area contributed by atoms with Crippen molar-refractivity contribution in [3.63, 3.8) is 0 Å². The van der Waals surface area contributed by atoms with Crippen LogP contribution in [0, 0.1) is 0 Å². The van der Waals surface area contributed by atoms with Crippen molar-refractivity contribution in [1.82, 2.24) is 14.9 Å². The molecule has 17 heavy (non-hydrogen) atoms. The lowest BCUT2D eigenvalue weighted by Crippen LogP contribution is -2.47. The lowest BCUT2D eigenvalue weighted by atomic mass is 9.93. The molecule has 92 valence electrons. The third-order valence-corrected chi connectivity index (χ3v) is 3.68. The van der Waals surface area contributed by atoms with Gasteiger partial charge in [0.25, 0.3) is 5.91 Å². The molecule has 1 fully saturated rings. The van der Waals surface area contributed by atoms with Crippen LogP contribution in [0.3, 0.4) is 0 Å². The molecule has 0 radical (unpaired) electrons. The first-order valence-corrected chi connectivity index (χ1v) is 6.20. The molecule has 0 atom stereocenters. The summed E-state index contributed by atoms with van der Waals surface area (Å²) in [6, 6.07) is 0. The van der Waals surface area contributed by atoms with E-state index in [2.05, 4.69) is 14.9 Å². The third-order valence-electron chi connectivity index (χ3n) is 3.01. The molecule has 2 rings (SSSR count). The number of carboxylic acid groups (broad SMARTS) is 1. The van der Waals surface area contributed by atoms with Crippen LogP contribution in [-0.2, 0) is 4.79 Å². The summed E-state index contributed by atoms with van der Waals surface area (Å²) in [7, 11) is 0. The normalized spacial score (nSPS) is 17.9. The summed E-state index contributed by atoms with van der Waals surface area (Å²) >= 11 is 1.01. The number of carbonyl (C=O) groups excluding carboxylic acids is 1. The molecule has 1 amide bonds. The number of nitrogens with one attached hydrogen (secondary N) is 1. The molecule has 6 nitrogen and oxygen atoms in total. The maximum absolute atomic E-state index is 11.9. The fourth-order valence-corrected chi connectivity index (χ4v) is 2.67. The predicted molar refractivity (Wildman–Crippen MR) is 60.8 cm³/mol. The van der Waals surface area contributed by atoms with Crippen LogP contribution in [0.5, 0.6) is 0 Å². The van der Waals surface area contributed by atoms with Crippen LogP contribution in [0.4, 0.5) is 0 Å². The van der Waals surface area contributed by atoms with Crippen molar-refractivity contribution in [2.24, 2.45) is 0 Å². The highest BCUT2D eigenvalue weighted by Crippen LogP contribution is 2.33. The van der Waals surface area contributed by atoms with Crippen molar-refractivity contribution < 1.29 is 14.7 Å². The number of carboxylic acids is 1. The Kier molecular flexibility index (Phi) is 3.37. The van der Waals surface area contributed by atoms with E-state index in [1.165, 1.54) is 6.20 Å². The summed E-state index contributed by atoms with van der Waals surface area (Å²) in [4.78, 5) is 23.1. The molecule has 7 heteroatoms. The molecule has 0 aromatic carbocycles. The monoisotopic (exact) mass is 255 g/mol. The maximum Gasteiger partial charge on any atom is 0.305 e. The van der Waals surface area contributed by atoms with Crippen LogP contribution in [-0.4, -0.2) is 32.1 Å². The summed E-state index contributed by atoms with van der Waals surface area (Å²) < 4.78 is 3.62. The first-order chi connectivity index (χ1) is 8.11. The minimum atomic E-state index is -0.880. The molecule has 1 aromatic heterocycles. The van der Waals surface area contributed by atoms with Gasteiger partial charge in [0.1, 0.15) is 4.88 Å². The molecule has 0 aliphatic heterocycles. The quantitative estimate of drug-likeness (QED) is 0.839. The largest absolute Gasteiger partial charge is 0.481 e. The standard InChI is InChI=1S/C10H13N3O3S/c14-8(15)5-10(3-1-2-4-10)12-9(16)7-6-11-13-17-7/h6H,1-5H2,(H,12,16)(H,14,15). The van der Waals surface area contributed by atoms with Crippen LogP contribution >= 0.6 is 11.5 Å². The summed E-state index contributed by atoms with van der Waals surface area (Å²) in [6.45, 7) is 0. The Balaban J connectivity index is 2.08. The van der Waals surface area contributed by atoms with E-state index in [-0.39, 0.29) is 12.3 Å². The van der Waals surface area contributed by atoms with Crippen molar-refractivity contribution in [2.75, 3.05) is 0 Å². The maximum atomic E-state index is 11.9. The zero-order chi connectivity index (χ0) is 12.3. The summed E-state index contributed by atoms with van der Waals surface area (Å²) in [5.41, 5.74) is -0.590. The van der Waals surface area contributed by atoms with Gasteiger partial charge in [-0.2, -0.15) is 0 Å². The highest BCUT2D eigenvalue weighted by Gasteiger charge is 2.37. The number of hydrogen-bond acceptors (Lipinski definition) is 5. The average Bonchev–Trinajstić information content (AvgIpc) is 2.86. The molecule has 2 N–H and O–H groups in total. The highest BCUT2D eigenvalue weighted by atomic mass is 32.1. The minimum Gasteiger partial charge on any atom is -0.481 e. The smallest absolute Gasteiger partial charge is 0.305 e. The van der Waals surface area contributed by atoms with E-state index in [1.807, 2.05) is 0 Å². The Labute approximate surface area is 102 Å². The number of amides is 1. The van der Waals surface area contributed by atoms with E-state index in [0.717, 1.165) is 37.2 Å². The van der Waals surface area contributed by atoms with Gasteiger partial charge in [-0.25, -0.2) is 0 Å². The fourth-order valence-electron chi connectivity index (χ4n) is 2.26. The van der Waals surface area contributed by atoms with E-state index < -0.39 is 11.5 Å². The zero-order valence-corrected chi connectivity index (χ0v) is 10.00. The zero-order valence-electron chi connectivity index (χ0n) is 9.18. The lowest BCUT2D eigenvalue weighted by molar-refractivity contribution is -0.138. The summed E-state index contributed by atoms with van der Waals surface area (Å²) in [5.74, 6) is -1.15.